The fourth-order valence-electron chi connectivity index (χ4n) is 1.52. The van der Waals surface area contributed by atoms with Crippen molar-refractivity contribution in [2.75, 3.05) is 11.1 Å². The standard InChI is InChI=1S/C12H13ClN4O/c1-8-6-17(16-12(8)14)7-11(18)15-10-5-3-2-4-9(10)13/h2-6H,7H2,1H3,(H2,14,16)(H,15,18). The number of hydrogen-bond acceptors (Lipinski definition) is 3. The Morgan fingerprint density at radius 2 is 2.22 bits per heavy atom. The number of amides is 1. The number of hydrogen-bond donors (Lipinski definition) is 2. The molecule has 3 N–H and O–H groups in total. The molecule has 0 saturated heterocycles. The number of aromatic nitrogens is 2. The zero-order valence-corrected chi connectivity index (χ0v) is 10.6. The Morgan fingerprint density at radius 1 is 1.50 bits per heavy atom. The van der Waals surface area contributed by atoms with Gasteiger partial charge in [-0.05, 0) is 19.1 Å². The van der Waals surface area contributed by atoms with Crippen LogP contribution in [-0.4, -0.2) is 15.7 Å². The van der Waals surface area contributed by atoms with E-state index in [1.54, 1.807) is 30.5 Å². The SMILES string of the molecule is Cc1cn(CC(=O)Nc2ccccc2Cl)nc1N. The molecule has 6 heteroatoms. The number of para-hydroxylation sites is 1. The summed E-state index contributed by atoms with van der Waals surface area (Å²) in [6.07, 6.45) is 1.72. The highest BCUT2D eigenvalue weighted by molar-refractivity contribution is 6.33. The number of carbonyl (C=O) groups is 1. The maximum atomic E-state index is 11.8. The third kappa shape index (κ3) is 2.81. The molecule has 0 fully saturated rings. The van der Waals surface area contributed by atoms with Gasteiger partial charge in [0.2, 0.25) is 5.91 Å². The molecule has 0 radical (unpaired) electrons. The predicted octanol–water partition coefficient (Wildman–Crippen LogP) is 2.07. The molecule has 94 valence electrons. The summed E-state index contributed by atoms with van der Waals surface area (Å²) in [5, 5.41) is 7.23. The van der Waals surface area contributed by atoms with Crippen molar-refractivity contribution in [3.63, 3.8) is 0 Å². The fourth-order valence-corrected chi connectivity index (χ4v) is 1.70. The molecule has 0 spiro atoms. The number of anilines is 2. The Kier molecular flexibility index (Phi) is 3.53. The lowest BCUT2D eigenvalue weighted by Gasteiger charge is -2.06. The van der Waals surface area contributed by atoms with Crippen molar-refractivity contribution in [2.24, 2.45) is 0 Å². The maximum Gasteiger partial charge on any atom is 0.246 e. The number of nitrogens with two attached hydrogens (primary N) is 1. The van der Waals surface area contributed by atoms with E-state index in [2.05, 4.69) is 10.4 Å². The van der Waals surface area contributed by atoms with Crippen LogP contribution in [0.15, 0.2) is 30.5 Å². The van der Waals surface area contributed by atoms with Crippen molar-refractivity contribution in [3.8, 4) is 0 Å². The van der Waals surface area contributed by atoms with Gasteiger partial charge in [-0.15, -0.1) is 0 Å². The van der Waals surface area contributed by atoms with Crippen molar-refractivity contribution < 1.29 is 4.79 Å². The Balaban J connectivity index is 2.03. The van der Waals surface area contributed by atoms with Gasteiger partial charge in [0.05, 0.1) is 10.7 Å². The molecule has 0 atom stereocenters. The average Bonchev–Trinajstić information content (AvgIpc) is 2.61. The summed E-state index contributed by atoms with van der Waals surface area (Å²) in [5.74, 6) is 0.228. The number of nitrogens with one attached hydrogen (secondary N) is 1. The van der Waals surface area contributed by atoms with Crippen molar-refractivity contribution in [3.05, 3.63) is 41.0 Å². The van der Waals surface area contributed by atoms with E-state index in [0.717, 1.165) is 5.56 Å². The predicted molar refractivity (Wildman–Crippen MR) is 71.5 cm³/mol. The molecular weight excluding hydrogens is 252 g/mol. The van der Waals surface area contributed by atoms with Crippen LogP contribution in [0.4, 0.5) is 11.5 Å². The largest absolute Gasteiger partial charge is 0.382 e. The van der Waals surface area contributed by atoms with Gasteiger partial charge >= 0.3 is 0 Å². The number of carbonyl (C=O) groups excluding carboxylic acids is 1. The van der Waals surface area contributed by atoms with Crippen LogP contribution in [0, 0.1) is 6.92 Å². The van der Waals surface area contributed by atoms with E-state index in [1.807, 2.05) is 6.92 Å². The second kappa shape index (κ2) is 5.10. The molecule has 5 nitrogen and oxygen atoms in total. The van der Waals surface area contributed by atoms with Gasteiger partial charge in [0.1, 0.15) is 12.4 Å². The first kappa shape index (κ1) is 12.4. The van der Waals surface area contributed by atoms with Crippen LogP contribution in [0.25, 0.3) is 0 Å². The lowest BCUT2D eigenvalue weighted by molar-refractivity contribution is -0.116. The smallest absolute Gasteiger partial charge is 0.246 e. The van der Waals surface area contributed by atoms with Gasteiger partial charge in [-0.25, -0.2) is 0 Å². The summed E-state index contributed by atoms with van der Waals surface area (Å²) in [5.41, 5.74) is 7.04. The lowest BCUT2D eigenvalue weighted by atomic mass is 10.3. The maximum absolute atomic E-state index is 11.8. The number of nitrogen functional groups attached to an aromatic ring is 1. The van der Waals surface area contributed by atoms with Crippen LogP contribution in [-0.2, 0) is 11.3 Å². The van der Waals surface area contributed by atoms with Gasteiger partial charge in [0.25, 0.3) is 0 Å². The highest BCUT2D eigenvalue weighted by Gasteiger charge is 2.08. The van der Waals surface area contributed by atoms with Crippen molar-refractivity contribution in [2.45, 2.75) is 13.5 Å². The Labute approximate surface area is 110 Å². The first-order valence-electron chi connectivity index (χ1n) is 5.40. The van der Waals surface area contributed by atoms with E-state index in [1.165, 1.54) is 4.68 Å². The molecule has 0 unspecified atom stereocenters. The van der Waals surface area contributed by atoms with Gasteiger partial charge in [-0.1, -0.05) is 23.7 Å². The van der Waals surface area contributed by atoms with E-state index in [0.29, 0.717) is 16.5 Å². The molecule has 0 aliphatic carbocycles. The molecule has 1 aromatic carbocycles. The normalized spacial score (nSPS) is 10.3. The second-order valence-corrected chi connectivity index (χ2v) is 4.33. The first-order valence-corrected chi connectivity index (χ1v) is 5.78. The summed E-state index contributed by atoms with van der Waals surface area (Å²) in [7, 11) is 0. The monoisotopic (exact) mass is 264 g/mol. The highest BCUT2D eigenvalue weighted by atomic mass is 35.5. The van der Waals surface area contributed by atoms with Crippen LogP contribution >= 0.6 is 11.6 Å². The fraction of sp³-hybridized carbons (Fsp3) is 0.167. The number of nitrogens with zero attached hydrogens (tertiary/aromatic N) is 2. The molecule has 0 bridgehead atoms. The zero-order valence-electron chi connectivity index (χ0n) is 9.85. The molecule has 0 aliphatic heterocycles. The summed E-state index contributed by atoms with van der Waals surface area (Å²) in [6.45, 7) is 1.94. The highest BCUT2D eigenvalue weighted by Crippen LogP contribution is 2.20. The number of aryl methyl sites for hydroxylation is 1. The second-order valence-electron chi connectivity index (χ2n) is 3.92. The molecule has 0 saturated carbocycles. The van der Waals surface area contributed by atoms with E-state index in [9.17, 15) is 4.79 Å². The van der Waals surface area contributed by atoms with E-state index >= 15 is 0 Å². The van der Waals surface area contributed by atoms with Gasteiger partial charge in [-0.3, -0.25) is 9.48 Å². The minimum atomic E-state index is -0.203. The van der Waals surface area contributed by atoms with Crippen LogP contribution in [0.5, 0.6) is 0 Å². The third-order valence-corrected chi connectivity index (χ3v) is 2.77. The average molecular weight is 265 g/mol. The molecule has 2 aromatic rings. The lowest BCUT2D eigenvalue weighted by Crippen LogP contribution is -2.19. The van der Waals surface area contributed by atoms with E-state index < -0.39 is 0 Å². The van der Waals surface area contributed by atoms with Crippen LogP contribution < -0.4 is 11.1 Å². The summed E-state index contributed by atoms with van der Waals surface area (Å²) >= 11 is 5.94. The summed E-state index contributed by atoms with van der Waals surface area (Å²) in [4.78, 5) is 11.8. The number of halogens is 1. The van der Waals surface area contributed by atoms with Gasteiger partial charge in [0, 0.05) is 11.8 Å². The number of benzene rings is 1. The summed E-state index contributed by atoms with van der Waals surface area (Å²) < 4.78 is 1.50. The topological polar surface area (TPSA) is 72.9 Å². The molecule has 2 rings (SSSR count). The van der Waals surface area contributed by atoms with Crippen LogP contribution in [0.1, 0.15) is 5.56 Å². The Bertz CT molecular complexity index is 560. The molecule has 1 heterocycles. The van der Waals surface area contributed by atoms with E-state index in [4.69, 9.17) is 17.3 Å². The molecule has 18 heavy (non-hydrogen) atoms. The number of rotatable bonds is 3. The quantitative estimate of drug-likeness (QED) is 0.891. The van der Waals surface area contributed by atoms with Gasteiger partial charge in [0.15, 0.2) is 0 Å². The Morgan fingerprint density at radius 3 is 2.83 bits per heavy atom. The molecule has 0 aliphatic rings. The minimum absolute atomic E-state index is 0.100. The van der Waals surface area contributed by atoms with Crippen LogP contribution in [0.3, 0.4) is 0 Å². The summed E-state index contributed by atoms with van der Waals surface area (Å²) in [6, 6.07) is 7.06. The molecule has 1 aromatic heterocycles. The van der Waals surface area contributed by atoms with Crippen molar-refractivity contribution in [1.29, 1.82) is 0 Å². The molecule has 1 amide bonds. The van der Waals surface area contributed by atoms with Gasteiger partial charge in [-0.2, -0.15) is 5.10 Å². The first-order chi connectivity index (χ1) is 8.56. The van der Waals surface area contributed by atoms with E-state index in [-0.39, 0.29) is 12.5 Å². The van der Waals surface area contributed by atoms with Gasteiger partial charge < -0.3 is 11.1 Å². The van der Waals surface area contributed by atoms with Crippen LogP contribution in [0.2, 0.25) is 5.02 Å². The zero-order chi connectivity index (χ0) is 13.1. The Hall–Kier alpha value is -2.01. The van der Waals surface area contributed by atoms with Crippen molar-refractivity contribution >= 4 is 29.0 Å². The third-order valence-electron chi connectivity index (χ3n) is 2.44. The minimum Gasteiger partial charge on any atom is -0.382 e. The molecular formula is C12H13ClN4O. The van der Waals surface area contributed by atoms with Crippen molar-refractivity contribution in [1.82, 2.24) is 9.78 Å².